The molecular weight excluding hydrogens is 438 g/mol. The molecule has 4 rings (SSSR count). The van der Waals surface area contributed by atoms with Crippen molar-refractivity contribution in [1.29, 1.82) is 0 Å². The summed E-state index contributed by atoms with van der Waals surface area (Å²) in [6, 6.07) is 11.9. The lowest BCUT2D eigenvalue weighted by atomic mass is 9.99. The Kier molecular flexibility index (Phi) is 4.76. The second-order valence-electron chi connectivity index (χ2n) is 6.75. The molecule has 0 bridgehead atoms. The Bertz CT molecular complexity index is 1090. The maximum Gasteiger partial charge on any atom is 0.323 e. The fourth-order valence-electron chi connectivity index (χ4n) is 3.32. The maximum atomic E-state index is 12.9. The van der Waals surface area contributed by atoms with Crippen LogP contribution in [-0.4, -0.2) is 41.9 Å². The van der Waals surface area contributed by atoms with Crippen molar-refractivity contribution in [1.82, 2.24) is 15.5 Å². The standard InChI is InChI=1S/C21H16BrN3O4/c1-29-16-7-4-14-11-25(18(26)17(14)10-16)12-21(19(27)23-20(28)24-21)9-8-13-2-5-15(22)6-3-13/h2-7,10H,11-12H2,1H3,(H2,23,24,27,28). The molecule has 2 aliphatic rings. The highest BCUT2D eigenvalue weighted by atomic mass is 79.9. The summed E-state index contributed by atoms with van der Waals surface area (Å²) < 4.78 is 6.09. The zero-order valence-corrected chi connectivity index (χ0v) is 17.0. The number of urea groups is 1. The molecule has 2 aliphatic heterocycles. The topological polar surface area (TPSA) is 87.7 Å². The predicted molar refractivity (Wildman–Crippen MR) is 108 cm³/mol. The lowest BCUT2D eigenvalue weighted by Crippen LogP contribution is -2.54. The van der Waals surface area contributed by atoms with Gasteiger partial charge in [0.1, 0.15) is 5.75 Å². The van der Waals surface area contributed by atoms with Gasteiger partial charge in [0.2, 0.25) is 5.54 Å². The van der Waals surface area contributed by atoms with Gasteiger partial charge in [-0.3, -0.25) is 14.9 Å². The molecule has 2 aromatic carbocycles. The summed E-state index contributed by atoms with van der Waals surface area (Å²) in [7, 11) is 1.53. The molecular formula is C21H16BrN3O4. The van der Waals surface area contributed by atoms with Gasteiger partial charge in [0, 0.05) is 22.1 Å². The van der Waals surface area contributed by atoms with Crippen LogP contribution in [0.3, 0.4) is 0 Å². The number of imide groups is 1. The number of ether oxygens (including phenoxy) is 1. The molecule has 0 aromatic heterocycles. The first-order valence-corrected chi connectivity index (χ1v) is 9.58. The van der Waals surface area contributed by atoms with Gasteiger partial charge in [-0.15, -0.1) is 0 Å². The largest absolute Gasteiger partial charge is 0.497 e. The summed E-state index contributed by atoms with van der Waals surface area (Å²) in [5, 5.41) is 4.82. The molecule has 2 N–H and O–H groups in total. The molecule has 2 aromatic rings. The third kappa shape index (κ3) is 3.57. The van der Waals surface area contributed by atoms with Gasteiger partial charge in [-0.05, 0) is 42.0 Å². The van der Waals surface area contributed by atoms with E-state index in [0.717, 1.165) is 10.0 Å². The molecule has 2 heterocycles. The van der Waals surface area contributed by atoms with Gasteiger partial charge in [0.15, 0.2) is 0 Å². The fourth-order valence-corrected chi connectivity index (χ4v) is 3.59. The first-order chi connectivity index (χ1) is 13.9. The molecule has 7 nitrogen and oxygen atoms in total. The highest BCUT2D eigenvalue weighted by Crippen LogP contribution is 2.28. The Hall–Kier alpha value is -3.31. The lowest BCUT2D eigenvalue weighted by Gasteiger charge is -2.26. The van der Waals surface area contributed by atoms with Crippen LogP contribution in [0.1, 0.15) is 21.5 Å². The van der Waals surface area contributed by atoms with Crippen molar-refractivity contribution in [2.45, 2.75) is 12.1 Å². The molecule has 1 fully saturated rings. The number of halogens is 1. The smallest absolute Gasteiger partial charge is 0.323 e. The van der Waals surface area contributed by atoms with E-state index in [-0.39, 0.29) is 12.5 Å². The van der Waals surface area contributed by atoms with Crippen LogP contribution in [0, 0.1) is 11.8 Å². The summed E-state index contributed by atoms with van der Waals surface area (Å²) in [6.45, 7) is 0.257. The van der Waals surface area contributed by atoms with E-state index in [1.807, 2.05) is 18.2 Å². The normalized spacial score (nSPS) is 19.9. The number of nitrogens with zero attached hydrogens (tertiary/aromatic N) is 1. The van der Waals surface area contributed by atoms with E-state index in [4.69, 9.17) is 4.74 Å². The minimum Gasteiger partial charge on any atom is -0.497 e. The molecule has 1 atom stereocenters. The van der Waals surface area contributed by atoms with Crippen molar-refractivity contribution in [2.24, 2.45) is 0 Å². The number of rotatable bonds is 3. The van der Waals surface area contributed by atoms with Crippen LogP contribution >= 0.6 is 15.9 Å². The Labute approximate surface area is 175 Å². The number of amides is 4. The predicted octanol–water partition coefficient (Wildman–Crippen LogP) is 2.04. The van der Waals surface area contributed by atoms with Crippen LogP contribution in [-0.2, 0) is 11.3 Å². The van der Waals surface area contributed by atoms with E-state index >= 15 is 0 Å². The van der Waals surface area contributed by atoms with Gasteiger partial charge in [-0.25, -0.2) is 4.79 Å². The molecule has 0 spiro atoms. The third-order valence-corrected chi connectivity index (χ3v) is 5.36. The molecule has 0 radical (unpaired) electrons. The monoisotopic (exact) mass is 453 g/mol. The summed E-state index contributed by atoms with van der Waals surface area (Å²) in [4.78, 5) is 38.8. The number of hydrogen-bond acceptors (Lipinski definition) is 4. The summed E-state index contributed by atoms with van der Waals surface area (Å²) in [5.41, 5.74) is 0.510. The van der Waals surface area contributed by atoms with Crippen LogP contribution < -0.4 is 15.4 Å². The summed E-state index contributed by atoms with van der Waals surface area (Å²) in [6.07, 6.45) is 0. The number of carbonyl (C=O) groups is 3. The molecule has 0 saturated carbocycles. The first kappa shape index (κ1) is 19.0. The molecule has 0 aliphatic carbocycles. The van der Waals surface area contributed by atoms with Gasteiger partial charge in [0.05, 0.1) is 13.7 Å². The first-order valence-electron chi connectivity index (χ1n) is 8.79. The van der Waals surface area contributed by atoms with E-state index < -0.39 is 17.5 Å². The molecule has 8 heteroatoms. The number of methoxy groups -OCH3 is 1. The number of fused-ring (bicyclic) bond motifs is 1. The average Bonchev–Trinajstić information content (AvgIpc) is 3.16. The molecule has 146 valence electrons. The van der Waals surface area contributed by atoms with Crippen molar-refractivity contribution in [3.05, 3.63) is 63.6 Å². The Morgan fingerprint density at radius 3 is 2.59 bits per heavy atom. The third-order valence-electron chi connectivity index (χ3n) is 4.83. The van der Waals surface area contributed by atoms with Gasteiger partial charge in [-0.2, -0.15) is 0 Å². The zero-order chi connectivity index (χ0) is 20.6. The minimum absolute atomic E-state index is 0.0655. The van der Waals surface area contributed by atoms with Gasteiger partial charge < -0.3 is 15.0 Å². The SMILES string of the molecule is COc1ccc2c(c1)C(=O)N(CC1(C#Cc3ccc(Br)cc3)NC(=O)NC1=O)C2. The highest BCUT2D eigenvalue weighted by molar-refractivity contribution is 9.10. The fraction of sp³-hybridized carbons (Fsp3) is 0.190. The number of hydrogen-bond donors (Lipinski definition) is 2. The van der Waals surface area contributed by atoms with Gasteiger partial charge >= 0.3 is 6.03 Å². The van der Waals surface area contributed by atoms with Crippen molar-refractivity contribution in [3.8, 4) is 17.6 Å². The van der Waals surface area contributed by atoms with Crippen LogP contribution in [0.15, 0.2) is 46.9 Å². The highest BCUT2D eigenvalue weighted by Gasteiger charge is 2.48. The van der Waals surface area contributed by atoms with Crippen LogP contribution in [0.2, 0.25) is 0 Å². The second-order valence-corrected chi connectivity index (χ2v) is 7.67. The maximum absolute atomic E-state index is 12.9. The van der Waals surface area contributed by atoms with Gasteiger partial charge in [-0.1, -0.05) is 33.8 Å². The van der Waals surface area contributed by atoms with Gasteiger partial charge in [0.25, 0.3) is 11.8 Å². The number of carbonyl (C=O) groups excluding carboxylic acids is 3. The minimum atomic E-state index is -1.52. The van der Waals surface area contributed by atoms with E-state index in [0.29, 0.717) is 23.4 Å². The Morgan fingerprint density at radius 1 is 1.17 bits per heavy atom. The van der Waals surface area contributed by atoms with E-state index in [1.54, 1.807) is 24.3 Å². The zero-order valence-electron chi connectivity index (χ0n) is 15.4. The van der Waals surface area contributed by atoms with Crippen molar-refractivity contribution < 1.29 is 19.1 Å². The van der Waals surface area contributed by atoms with Crippen molar-refractivity contribution in [2.75, 3.05) is 13.7 Å². The van der Waals surface area contributed by atoms with Crippen molar-refractivity contribution in [3.63, 3.8) is 0 Å². The number of benzene rings is 2. The molecule has 1 saturated heterocycles. The van der Waals surface area contributed by atoms with Crippen LogP contribution in [0.5, 0.6) is 5.75 Å². The van der Waals surface area contributed by atoms with Crippen LogP contribution in [0.4, 0.5) is 4.79 Å². The van der Waals surface area contributed by atoms with E-state index in [1.165, 1.54) is 12.0 Å². The van der Waals surface area contributed by atoms with E-state index in [9.17, 15) is 14.4 Å². The van der Waals surface area contributed by atoms with Crippen molar-refractivity contribution >= 4 is 33.8 Å². The number of nitrogens with one attached hydrogen (secondary N) is 2. The summed E-state index contributed by atoms with van der Waals surface area (Å²) in [5.74, 6) is 5.57. The second kappa shape index (κ2) is 7.26. The molecule has 29 heavy (non-hydrogen) atoms. The molecule has 4 amide bonds. The Balaban J connectivity index is 1.64. The summed E-state index contributed by atoms with van der Waals surface area (Å²) >= 11 is 3.36. The lowest BCUT2D eigenvalue weighted by molar-refractivity contribution is -0.122. The van der Waals surface area contributed by atoms with Crippen LogP contribution in [0.25, 0.3) is 0 Å². The Morgan fingerprint density at radius 2 is 1.93 bits per heavy atom. The van der Waals surface area contributed by atoms with E-state index in [2.05, 4.69) is 38.4 Å². The average molecular weight is 454 g/mol. The molecule has 1 unspecified atom stereocenters. The quantitative estimate of drug-likeness (QED) is 0.549.